The Labute approximate surface area is 130 Å². The Morgan fingerprint density at radius 2 is 1.95 bits per heavy atom. The molecule has 3 atom stereocenters. The minimum Gasteiger partial charge on any atom is -0.384 e. The highest BCUT2D eigenvalue weighted by atomic mass is 16.5. The van der Waals surface area contributed by atoms with Crippen molar-refractivity contribution in [2.45, 2.75) is 58.3 Å². The maximum Gasteiger partial charge on any atom is 0.0790 e. The first-order valence-electron chi connectivity index (χ1n) is 8.45. The average molecular weight is 298 g/mol. The van der Waals surface area contributed by atoms with E-state index in [4.69, 9.17) is 9.47 Å². The summed E-state index contributed by atoms with van der Waals surface area (Å²) in [5.41, 5.74) is -0.175. The number of likely N-dealkylation sites (tertiary alicyclic amines) is 1. The molecule has 0 radical (unpaired) electrons. The number of rotatable bonds is 6. The summed E-state index contributed by atoms with van der Waals surface area (Å²) in [5, 5.41) is 3.67. The standard InChI is InChI=1S/C17H34N2O2/c1-7-18-15-14(16(2,3)21-17(15,4)5)11-19-9-8-13(10-19)12-20-6/h13-15,18H,7-12H2,1-6H3. The molecule has 1 N–H and O–H groups in total. The lowest BCUT2D eigenvalue weighted by atomic mass is 9.82. The van der Waals surface area contributed by atoms with Crippen molar-refractivity contribution < 1.29 is 9.47 Å². The van der Waals surface area contributed by atoms with Crippen LogP contribution >= 0.6 is 0 Å². The average Bonchev–Trinajstić information content (AvgIpc) is 2.86. The van der Waals surface area contributed by atoms with Crippen LogP contribution in [-0.4, -0.2) is 62.0 Å². The lowest BCUT2D eigenvalue weighted by Gasteiger charge is -2.33. The second-order valence-corrected chi connectivity index (χ2v) is 7.82. The molecule has 2 aliphatic heterocycles. The summed E-state index contributed by atoms with van der Waals surface area (Å²) in [7, 11) is 1.81. The third-order valence-electron chi connectivity index (χ3n) is 5.22. The Kier molecular flexibility index (Phi) is 5.35. The summed E-state index contributed by atoms with van der Waals surface area (Å²) in [6.07, 6.45) is 1.26. The molecular weight excluding hydrogens is 264 g/mol. The van der Waals surface area contributed by atoms with Crippen LogP contribution in [0.4, 0.5) is 0 Å². The van der Waals surface area contributed by atoms with E-state index in [1.165, 1.54) is 19.5 Å². The molecule has 2 rings (SSSR count). The Hall–Kier alpha value is -0.160. The van der Waals surface area contributed by atoms with Gasteiger partial charge in [-0.15, -0.1) is 0 Å². The number of nitrogens with one attached hydrogen (secondary N) is 1. The van der Waals surface area contributed by atoms with E-state index < -0.39 is 0 Å². The first-order valence-corrected chi connectivity index (χ1v) is 8.45. The first kappa shape index (κ1) is 17.2. The molecule has 124 valence electrons. The molecule has 4 heteroatoms. The first-order chi connectivity index (χ1) is 9.80. The molecule has 3 unspecified atom stereocenters. The fourth-order valence-electron chi connectivity index (χ4n) is 4.36. The molecule has 0 aromatic carbocycles. The number of methoxy groups -OCH3 is 1. The normalized spacial score (nSPS) is 35.4. The lowest BCUT2D eigenvalue weighted by molar-refractivity contribution is -0.0793. The molecule has 2 aliphatic rings. The van der Waals surface area contributed by atoms with Gasteiger partial charge >= 0.3 is 0 Å². The molecular formula is C17H34N2O2. The SMILES string of the molecule is CCNC1C(CN2CCC(COC)C2)C(C)(C)OC1(C)C. The van der Waals surface area contributed by atoms with Crippen LogP contribution in [-0.2, 0) is 9.47 Å². The predicted octanol–water partition coefficient (Wildman–Crippen LogP) is 2.14. The van der Waals surface area contributed by atoms with Crippen LogP contribution in [0.15, 0.2) is 0 Å². The summed E-state index contributed by atoms with van der Waals surface area (Å²) in [6, 6.07) is 0.416. The highest BCUT2D eigenvalue weighted by Gasteiger charge is 2.53. The fourth-order valence-corrected chi connectivity index (χ4v) is 4.36. The fraction of sp³-hybridized carbons (Fsp3) is 1.00. The largest absolute Gasteiger partial charge is 0.384 e. The third kappa shape index (κ3) is 3.79. The molecule has 2 saturated heterocycles. The Bertz CT molecular complexity index is 344. The number of hydrogen-bond acceptors (Lipinski definition) is 4. The van der Waals surface area contributed by atoms with Crippen LogP contribution in [0, 0.1) is 11.8 Å². The van der Waals surface area contributed by atoms with E-state index >= 15 is 0 Å². The van der Waals surface area contributed by atoms with Gasteiger partial charge < -0.3 is 19.7 Å². The molecule has 0 bridgehead atoms. The van der Waals surface area contributed by atoms with Crippen LogP contribution < -0.4 is 5.32 Å². The molecule has 4 nitrogen and oxygen atoms in total. The van der Waals surface area contributed by atoms with Gasteiger partial charge in [0, 0.05) is 32.2 Å². The van der Waals surface area contributed by atoms with Crippen LogP contribution in [0.5, 0.6) is 0 Å². The van der Waals surface area contributed by atoms with Gasteiger partial charge in [-0.05, 0) is 53.1 Å². The minimum atomic E-state index is -0.101. The Balaban J connectivity index is 2.02. The minimum absolute atomic E-state index is 0.0737. The van der Waals surface area contributed by atoms with Gasteiger partial charge in [0.15, 0.2) is 0 Å². The van der Waals surface area contributed by atoms with Crippen molar-refractivity contribution in [3.05, 3.63) is 0 Å². The van der Waals surface area contributed by atoms with E-state index in [-0.39, 0.29) is 11.2 Å². The topological polar surface area (TPSA) is 33.7 Å². The van der Waals surface area contributed by atoms with Gasteiger partial charge in [-0.25, -0.2) is 0 Å². The predicted molar refractivity (Wildman–Crippen MR) is 86.6 cm³/mol. The molecule has 0 spiro atoms. The van der Waals surface area contributed by atoms with Crippen LogP contribution in [0.25, 0.3) is 0 Å². The second kappa shape index (κ2) is 6.53. The maximum absolute atomic E-state index is 6.38. The molecule has 2 heterocycles. The molecule has 0 aromatic rings. The number of likely N-dealkylation sites (N-methyl/N-ethyl adjacent to an activating group) is 1. The van der Waals surface area contributed by atoms with Crippen molar-refractivity contribution >= 4 is 0 Å². The molecule has 0 amide bonds. The second-order valence-electron chi connectivity index (χ2n) is 7.82. The van der Waals surface area contributed by atoms with E-state index in [0.717, 1.165) is 19.7 Å². The van der Waals surface area contributed by atoms with Gasteiger partial charge in [0.2, 0.25) is 0 Å². The van der Waals surface area contributed by atoms with E-state index in [1.54, 1.807) is 7.11 Å². The van der Waals surface area contributed by atoms with E-state index in [2.05, 4.69) is 44.8 Å². The highest BCUT2D eigenvalue weighted by molar-refractivity contribution is 5.06. The van der Waals surface area contributed by atoms with Crippen LogP contribution in [0.2, 0.25) is 0 Å². The van der Waals surface area contributed by atoms with E-state index in [9.17, 15) is 0 Å². The zero-order chi connectivity index (χ0) is 15.7. The van der Waals surface area contributed by atoms with Gasteiger partial charge in [0.05, 0.1) is 17.8 Å². The summed E-state index contributed by atoms with van der Waals surface area (Å²) < 4.78 is 11.7. The van der Waals surface area contributed by atoms with Crippen molar-refractivity contribution in [1.82, 2.24) is 10.2 Å². The summed E-state index contributed by atoms with van der Waals surface area (Å²) in [5.74, 6) is 1.22. The van der Waals surface area contributed by atoms with Gasteiger partial charge in [-0.2, -0.15) is 0 Å². The van der Waals surface area contributed by atoms with Gasteiger partial charge in [-0.3, -0.25) is 0 Å². The summed E-state index contributed by atoms with van der Waals surface area (Å²) >= 11 is 0. The quantitative estimate of drug-likeness (QED) is 0.814. The zero-order valence-corrected chi connectivity index (χ0v) is 14.7. The smallest absolute Gasteiger partial charge is 0.0790 e. The Morgan fingerprint density at radius 1 is 1.24 bits per heavy atom. The van der Waals surface area contributed by atoms with Crippen molar-refractivity contribution in [2.75, 3.05) is 39.9 Å². The van der Waals surface area contributed by atoms with Crippen molar-refractivity contribution in [1.29, 1.82) is 0 Å². The molecule has 0 aliphatic carbocycles. The van der Waals surface area contributed by atoms with Gasteiger partial charge in [-0.1, -0.05) is 6.92 Å². The van der Waals surface area contributed by atoms with E-state index in [1.807, 2.05) is 0 Å². The monoisotopic (exact) mass is 298 g/mol. The van der Waals surface area contributed by atoms with Crippen LogP contribution in [0.3, 0.4) is 0 Å². The third-order valence-corrected chi connectivity index (χ3v) is 5.22. The van der Waals surface area contributed by atoms with Gasteiger partial charge in [0.1, 0.15) is 0 Å². The van der Waals surface area contributed by atoms with Crippen molar-refractivity contribution in [3.63, 3.8) is 0 Å². The maximum atomic E-state index is 6.38. The molecule has 0 aromatic heterocycles. The number of hydrogen-bond donors (Lipinski definition) is 1. The molecule has 0 saturated carbocycles. The summed E-state index contributed by atoms with van der Waals surface area (Å²) in [4.78, 5) is 2.60. The van der Waals surface area contributed by atoms with E-state index in [0.29, 0.717) is 17.9 Å². The molecule has 2 fully saturated rings. The number of nitrogens with zero attached hydrogens (tertiary/aromatic N) is 1. The Morgan fingerprint density at radius 3 is 2.57 bits per heavy atom. The highest BCUT2D eigenvalue weighted by Crippen LogP contribution is 2.43. The zero-order valence-electron chi connectivity index (χ0n) is 14.7. The van der Waals surface area contributed by atoms with Crippen molar-refractivity contribution in [3.8, 4) is 0 Å². The number of ether oxygens (including phenoxy) is 2. The van der Waals surface area contributed by atoms with Crippen molar-refractivity contribution in [2.24, 2.45) is 11.8 Å². The lowest BCUT2D eigenvalue weighted by Crippen LogP contribution is -2.50. The van der Waals surface area contributed by atoms with Gasteiger partial charge in [0.25, 0.3) is 0 Å². The van der Waals surface area contributed by atoms with Crippen LogP contribution in [0.1, 0.15) is 41.0 Å². The summed E-state index contributed by atoms with van der Waals surface area (Å²) in [6.45, 7) is 16.5. The molecule has 21 heavy (non-hydrogen) atoms.